The maximum atomic E-state index is 12.7. The Kier molecular flexibility index (Phi) is 8.46. The number of hydrogen-bond donors (Lipinski definition) is 2. The number of carbonyl (C=O) groups is 2. The van der Waals surface area contributed by atoms with Crippen LogP contribution < -0.4 is 15.4 Å². The molecule has 2 amide bonds. The lowest BCUT2D eigenvalue weighted by Gasteiger charge is -2.21. The first-order chi connectivity index (χ1) is 15.0. The first-order valence-electron chi connectivity index (χ1n) is 11.3. The van der Waals surface area contributed by atoms with E-state index < -0.39 is 6.04 Å². The molecule has 6 nitrogen and oxygen atoms in total. The minimum absolute atomic E-state index is 0.0164. The molecule has 1 unspecified atom stereocenters. The Morgan fingerprint density at radius 1 is 1.16 bits per heavy atom. The Balaban J connectivity index is 1.47. The maximum absolute atomic E-state index is 12.7. The number of benzene rings is 1. The number of fused-ring (bicyclic) bond motifs is 1. The number of amides is 2. The van der Waals surface area contributed by atoms with Crippen molar-refractivity contribution in [3.05, 3.63) is 45.4 Å². The lowest BCUT2D eigenvalue weighted by molar-refractivity contribution is -0.123. The van der Waals surface area contributed by atoms with Crippen molar-refractivity contribution in [3.63, 3.8) is 0 Å². The zero-order chi connectivity index (χ0) is 22.2. The molecule has 1 aromatic carbocycles. The molecule has 3 rings (SSSR count). The first-order valence-corrected chi connectivity index (χ1v) is 12.1. The molecule has 0 saturated heterocycles. The van der Waals surface area contributed by atoms with E-state index in [0.29, 0.717) is 18.7 Å². The summed E-state index contributed by atoms with van der Waals surface area (Å²) in [6.07, 6.45) is 6.49. The van der Waals surface area contributed by atoms with Crippen LogP contribution in [0.5, 0.6) is 5.75 Å². The number of thiazole rings is 1. The van der Waals surface area contributed by atoms with Crippen molar-refractivity contribution < 1.29 is 14.3 Å². The highest BCUT2D eigenvalue weighted by molar-refractivity contribution is 7.11. The van der Waals surface area contributed by atoms with Crippen molar-refractivity contribution in [2.45, 2.75) is 65.3 Å². The fourth-order valence-corrected chi connectivity index (χ4v) is 4.90. The zero-order valence-corrected chi connectivity index (χ0v) is 19.5. The minimum atomic E-state index is -0.578. The second-order valence-electron chi connectivity index (χ2n) is 8.23. The van der Waals surface area contributed by atoms with E-state index in [1.165, 1.54) is 28.4 Å². The quantitative estimate of drug-likeness (QED) is 0.546. The van der Waals surface area contributed by atoms with Crippen LogP contribution in [0.15, 0.2) is 24.3 Å². The van der Waals surface area contributed by atoms with Crippen molar-refractivity contribution in [3.8, 4) is 5.75 Å². The third-order valence-electron chi connectivity index (χ3n) is 5.42. The molecule has 1 aliphatic carbocycles. The molecular weight excluding hydrogens is 410 g/mol. The Morgan fingerprint density at radius 2 is 1.90 bits per heavy atom. The second-order valence-corrected chi connectivity index (χ2v) is 9.40. The molecule has 0 bridgehead atoms. The fourth-order valence-electron chi connectivity index (χ4n) is 3.70. The van der Waals surface area contributed by atoms with Crippen LogP contribution in [0.25, 0.3) is 0 Å². The van der Waals surface area contributed by atoms with Gasteiger partial charge in [0.1, 0.15) is 11.8 Å². The van der Waals surface area contributed by atoms with E-state index in [1.54, 1.807) is 24.3 Å². The molecule has 1 heterocycles. The van der Waals surface area contributed by atoms with Crippen molar-refractivity contribution in [2.75, 3.05) is 13.2 Å². The first kappa shape index (κ1) is 23.3. The van der Waals surface area contributed by atoms with E-state index in [-0.39, 0.29) is 17.7 Å². The maximum Gasteiger partial charge on any atom is 0.251 e. The monoisotopic (exact) mass is 443 g/mol. The lowest BCUT2D eigenvalue weighted by Crippen LogP contribution is -2.49. The van der Waals surface area contributed by atoms with Crippen LogP contribution >= 0.6 is 11.3 Å². The summed E-state index contributed by atoms with van der Waals surface area (Å²) in [5, 5.41) is 7.03. The van der Waals surface area contributed by atoms with Gasteiger partial charge in [-0.05, 0) is 69.2 Å². The van der Waals surface area contributed by atoms with Gasteiger partial charge in [-0.25, -0.2) is 4.98 Å². The molecule has 168 valence electrons. The third kappa shape index (κ3) is 6.53. The topological polar surface area (TPSA) is 80.3 Å². The predicted molar refractivity (Wildman–Crippen MR) is 124 cm³/mol. The Bertz CT molecular complexity index is 853. The van der Waals surface area contributed by atoms with E-state index >= 15 is 0 Å². The summed E-state index contributed by atoms with van der Waals surface area (Å²) >= 11 is 1.83. The highest BCUT2D eigenvalue weighted by Gasteiger charge is 2.24. The molecule has 0 aliphatic heterocycles. The molecule has 0 fully saturated rings. The standard InChI is InChI=1S/C24H33N3O3S/c1-4-30-18-13-11-17(12-14-18)23(28)27-22(16(2)3)24(29)25-15-7-10-21-26-19-8-5-6-9-20(19)31-21/h11-14,16,22H,4-10,15H2,1-3H3,(H,25,29)(H,27,28). The van der Waals surface area contributed by atoms with Crippen LogP contribution in [0.4, 0.5) is 0 Å². The Labute approximate surface area is 188 Å². The van der Waals surface area contributed by atoms with Crippen molar-refractivity contribution in [2.24, 2.45) is 5.92 Å². The molecule has 1 aromatic heterocycles. The van der Waals surface area contributed by atoms with Gasteiger partial charge in [-0.1, -0.05) is 13.8 Å². The smallest absolute Gasteiger partial charge is 0.251 e. The van der Waals surface area contributed by atoms with Crippen molar-refractivity contribution >= 4 is 23.2 Å². The molecule has 1 atom stereocenters. The van der Waals surface area contributed by atoms with E-state index in [4.69, 9.17) is 9.72 Å². The molecule has 1 aliphatic rings. The largest absolute Gasteiger partial charge is 0.494 e. The number of nitrogens with zero attached hydrogens (tertiary/aromatic N) is 1. The Hall–Kier alpha value is -2.41. The summed E-state index contributed by atoms with van der Waals surface area (Å²) in [6.45, 7) is 6.93. The number of hydrogen-bond acceptors (Lipinski definition) is 5. The zero-order valence-electron chi connectivity index (χ0n) is 18.7. The van der Waals surface area contributed by atoms with Gasteiger partial charge < -0.3 is 15.4 Å². The number of nitrogens with one attached hydrogen (secondary N) is 2. The third-order valence-corrected chi connectivity index (χ3v) is 6.64. The van der Waals surface area contributed by atoms with Gasteiger partial charge in [0.25, 0.3) is 5.91 Å². The summed E-state index contributed by atoms with van der Waals surface area (Å²) in [5.74, 6) is 0.300. The highest BCUT2D eigenvalue weighted by Crippen LogP contribution is 2.27. The van der Waals surface area contributed by atoms with Gasteiger partial charge in [0.2, 0.25) is 5.91 Å². The fraction of sp³-hybridized carbons (Fsp3) is 0.542. The van der Waals surface area contributed by atoms with Crippen LogP contribution in [0.1, 0.15) is 66.0 Å². The lowest BCUT2D eigenvalue weighted by atomic mass is 10.0. The van der Waals surface area contributed by atoms with Crippen LogP contribution in [0.3, 0.4) is 0 Å². The summed E-state index contributed by atoms with van der Waals surface area (Å²) in [7, 11) is 0. The molecule has 31 heavy (non-hydrogen) atoms. The summed E-state index contributed by atoms with van der Waals surface area (Å²) in [4.78, 5) is 31.5. The molecule has 0 radical (unpaired) electrons. The summed E-state index contributed by atoms with van der Waals surface area (Å²) in [5.41, 5.74) is 1.79. The highest BCUT2D eigenvalue weighted by atomic mass is 32.1. The Morgan fingerprint density at radius 3 is 2.58 bits per heavy atom. The van der Waals surface area contributed by atoms with E-state index in [0.717, 1.165) is 31.4 Å². The van der Waals surface area contributed by atoms with Crippen LogP contribution in [-0.4, -0.2) is 36.0 Å². The van der Waals surface area contributed by atoms with Gasteiger partial charge in [0, 0.05) is 23.4 Å². The van der Waals surface area contributed by atoms with Gasteiger partial charge in [-0.3, -0.25) is 9.59 Å². The molecule has 2 N–H and O–H groups in total. The van der Waals surface area contributed by atoms with E-state index in [2.05, 4.69) is 10.6 Å². The normalized spacial score (nSPS) is 14.1. The molecule has 7 heteroatoms. The van der Waals surface area contributed by atoms with Crippen LogP contribution in [-0.2, 0) is 24.1 Å². The van der Waals surface area contributed by atoms with Gasteiger partial charge in [0.15, 0.2) is 0 Å². The molecule has 0 saturated carbocycles. The number of aryl methyl sites for hydroxylation is 3. The molecular formula is C24H33N3O3S. The summed E-state index contributed by atoms with van der Waals surface area (Å²) in [6, 6.07) is 6.37. The second kappa shape index (κ2) is 11.3. The van der Waals surface area contributed by atoms with Crippen molar-refractivity contribution in [1.82, 2.24) is 15.6 Å². The van der Waals surface area contributed by atoms with Gasteiger partial charge in [-0.2, -0.15) is 0 Å². The van der Waals surface area contributed by atoms with E-state index in [9.17, 15) is 9.59 Å². The predicted octanol–water partition coefficient (Wildman–Crippen LogP) is 3.92. The average Bonchev–Trinajstić information content (AvgIpc) is 3.18. The van der Waals surface area contributed by atoms with Gasteiger partial charge in [-0.15, -0.1) is 11.3 Å². The van der Waals surface area contributed by atoms with E-state index in [1.807, 2.05) is 32.1 Å². The molecule has 0 spiro atoms. The number of rotatable bonds is 10. The minimum Gasteiger partial charge on any atom is -0.494 e. The van der Waals surface area contributed by atoms with Gasteiger partial charge in [0.05, 0.1) is 17.3 Å². The van der Waals surface area contributed by atoms with Gasteiger partial charge >= 0.3 is 0 Å². The van der Waals surface area contributed by atoms with Crippen LogP contribution in [0.2, 0.25) is 0 Å². The average molecular weight is 444 g/mol. The van der Waals surface area contributed by atoms with Crippen LogP contribution in [0, 0.1) is 5.92 Å². The van der Waals surface area contributed by atoms with Crippen molar-refractivity contribution in [1.29, 1.82) is 0 Å². The summed E-state index contributed by atoms with van der Waals surface area (Å²) < 4.78 is 5.41. The number of aromatic nitrogens is 1. The number of ether oxygens (including phenoxy) is 1. The molecule has 2 aromatic rings. The number of carbonyl (C=O) groups excluding carboxylic acids is 2. The SMILES string of the molecule is CCOc1ccc(C(=O)NC(C(=O)NCCCc2nc3c(s2)CCCC3)C(C)C)cc1.